The lowest BCUT2D eigenvalue weighted by molar-refractivity contribution is 0.00578. The van der Waals surface area contributed by atoms with E-state index >= 15 is 0 Å². The Morgan fingerprint density at radius 1 is 1.08 bits per heavy atom. The highest BCUT2D eigenvalue weighted by Gasteiger charge is 2.50. The lowest BCUT2D eigenvalue weighted by atomic mass is 9.82. The van der Waals surface area contributed by atoms with Crippen LogP contribution in [0.5, 0.6) is 0 Å². The molecule has 1 aliphatic carbocycles. The lowest BCUT2D eigenvalue weighted by Gasteiger charge is -2.32. The van der Waals surface area contributed by atoms with Crippen LogP contribution in [0.1, 0.15) is 74.4 Å². The smallest absolute Gasteiger partial charge is 0.455 e. The maximum Gasteiger partial charge on any atom is 0.457 e. The third-order valence-electron chi connectivity index (χ3n) is 9.60. The van der Waals surface area contributed by atoms with E-state index in [1.807, 2.05) is 64.1 Å². The number of carbonyl (C=O) groups excluding carboxylic acids is 1. The van der Waals surface area contributed by atoms with Crippen molar-refractivity contribution in [3.63, 3.8) is 0 Å². The van der Waals surface area contributed by atoms with Crippen LogP contribution < -0.4 is 9.62 Å². The lowest BCUT2D eigenvalue weighted by Crippen LogP contribution is -2.41. The third kappa shape index (κ3) is 7.23. The van der Waals surface area contributed by atoms with E-state index in [2.05, 4.69) is 5.32 Å². The fourth-order valence-electron chi connectivity index (χ4n) is 6.09. The summed E-state index contributed by atoms with van der Waals surface area (Å²) < 4.78 is 64.3. The van der Waals surface area contributed by atoms with Gasteiger partial charge < -0.3 is 23.8 Å². The molecule has 6 rings (SSSR count). The van der Waals surface area contributed by atoms with Crippen LogP contribution in [-0.4, -0.2) is 52.7 Å². The monoisotopic (exact) mass is 676 g/mol. The second-order valence-electron chi connectivity index (χ2n) is 13.5. The quantitative estimate of drug-likeness (QED) is 0.112. The first kappa shape index (κ1) is 34.3. The fourth-order valence-corrected chi connectivity index (χ4v) is 6.71. The Morgan fingerprint density at radius 2 is 1.75 bits per heavy atom. The highest BCUT2D eigenvalue weighted by atomic mass is 32.2. The summed E-state index contributed by atoms with van der Waals surface area (Å²) in [6, 6.07) is 19.2. The SMILES string of the molecule is CNC(=O)c1c(-c2ccc(F)cc2)oc2cc(N(CC(CCB3OC(C)(C)C(C)(C)O3)OCc3ccccc3)S(=O)O)c(C3CC3)cc12. The highest BCUT2D eigenvalue weighted by molar-refractivity contribution is 7.80. The van der Waals surface area contributed by atoms with Crippen LogP contribution in [0.2, 0.25) is 6.32 Å². The first-order chi connectivity index (χ1) is 22.9. The Hall–Kier alpha value is -3.55. The summed E-state index contributed by atoms with van der Waals surface area (Å²) in [5.74, 6) is -0.294. The van der Waals surface area contributed by atoms with E-state index in [4.69, 9.17) is 18.5 Å². The van der Waals surface area contributed by atoms with Crippen molar-refractivity contribution in [1.29, 1.82) is 0 Å². The number of nitrogens with one attached hydrogen (secondary N) is 1. The molecule has 3 aromatic carbocycles. The molecule has 1 aliphatic heterocycles. The Kier molecular flexibility index (Phi) is 9.84. The Balaban J connectivity index is 1.35. The van der Waals surface area contributed by atoms with Crippen LogP contribution in [0.4, 0.5) is 10.1 Å². The molecule has 9 nitrogen and oxygen atoms in total. The number of hydrogen-bond donors (Lipinski definition) is 2. The van der Waals surface area contributed by atoms with Crippen LogP contribution in [0.25, 0.3) is 22.3 Å². The van der Waals surface area contributed by atoms with Crippen LogP contribution in [0, 0.1) is 5.82 Å². The van der Waals surface area contributed by atoms with Gasteiger partial charge in [0.25, 0.3) is 17.2 Å². The van der Waals surface area contributed by atoms with Crippen molar-refractivity contribution in [2.24, 2.45) is 0 Å². The zero-order valence-electron chi connectivity index (χ0n) is 28.0. The second kappa shape index (κ2) is 13.8. The predicted octanol–water partition coefficient (Wildman–Crippen LogP) is 7.49. The zero-order valence-corrected chi connectivity index (χ0v) is 28.8. The van der Waals surface area contributed by atoms with Crippen molar-refractivity contribution < 1.29 is 36.4 Å². The maximum absolute atomic E-state index is 13.8. The molecule has 4 aromatic rings. The molecular weight excluding hydrogens is 634 g/mol. The Bertz CT molecular complexity index is 1780. The van der Waals surface area contributed by atoms with E-state index in [9.17, 15) is 17.9 Å². The summed E-state index contributed by atoms with van der Waals surface area (Å²) in [5.41, 5.74) is 2.67. The summed E-state index contributed by atoms with van der Waals surface area (Å²) in [6.45, 7) is 8.46. The third-order valence-corrected chi connectivity index (χ3v) is 10.3. The van der Waals surface area contributed by atoms with Crippen LogP contribution in [0.3, 0.4) is 0 Å². The number of hydrogen-bond acceptors (Lipinski definition) is 6. The largest absolute Gasteiger partial charge is 0.457 e. The number of nitrogens with zero attached hydrogens (tertiary/aromatic N) is 1. The molecule has 2 N–H and O–H groups in total. The standard InChI is InChI=1S/C36H42BFN2O7S/c1-35(2)36(3,4)47-37(46-35)18-17-27(44-22-23-9-7-6-8-10-23)21-40(48(42)43)30-20-31-29(19-28(30)24-11-12-24)32(34(41)39-5)33(45-31)25-13-15-26(38)16-14-25/h6-10,13-16,19-20,24,27H,11-12,17-18,21-22H2,1-5H3,(H,39,41)(H,42,43). The minimum Gasteiger partial charge on any atom is -0.455 e. The normalized spacial score (nSPS) is 18.2. The van der Waals surface area contributed by atoms with Gasteiger partial charge in [-0.25, -0.2) is 8.60 Å². The number of carbonyl (C=O) groups is 1. The van der Waals surface area contributed by atoms with Gasteiger partial charge in [0.05, 0.1) is 41.7 Å². The summed E-state index contributed by atoms with van der Waals surface area (Å²) in [4.78, 5) is 13.2. The van der Waals surface area contributed by atoms with Gasteiger partial charge in [0.15, 0.2) is 0 Å². The highest BCUT2D eigenvalue weighted by Crippen LogP contribution is 2.48. The molecule has 0 bridgehead atoms. The molecule has 1 saturated heterocycles. The molecule has 2 fully saturated rings. The minimum atomic E-state index is -2.41. The summed E-state index contributed by atoms with van der Waals surface area (Å²) in [6.07, 6.45) is 2.41. The number of amides is 1. The van der Waals surface area contributed by atoms with Gasteiger partial charge in [-0.1, -0.05) is 30.3 Å². The number of furan rings is 1. The van der Waals surface area contributed by atoms with E-state index in [0.29, 0.717) is 52.9 Å². The molecular formula is C36H42BFN2O7S. The van der Waals surface area contributed by atoms with Crippen LogP contribution in [0.15, 0.2) is 71.1 Å². The summed E-state index contributed by atoms with van der Waals surface area (Å²) >= 11 is -2.41. The van der Waals surface area contributed by atoms with E-state index in [1.54, 1.807) is 25.2 Å². The van der Waals surface area contributed by atoms with Gasteiger partial charge in [-0.3, -0.25) is 13.7 Å². The van der Waals surface area contributed by atoms with Gasteiger partial charge in [0.2, 0.25) is 0 Å². The molecule has 1 amide bonds. The van der Waals surface area contributed by atoms with E-state index in [0.717, 1.165) is 24.0 Å². The number of fused-ring (bicyclic) bond motifs is 1. The minimum absolute atomic E-state index is 0.106. The van der Waals surface area contributed by atoms with Gasteiger partial charge >= 0.3 is 7.12 Å². The van der Waals surface area contributed by atoms with E-state index < -0.39 is 41.5 Å². The molecule has 254 valence electrons. The molecule has 0 spiro atoms. The summed E-state index contributed by atoms with van der Waals surface area (Å²) in [7, 11) is 1.10. The molecule has 1 saturated carbocycles. The van der Waals surface area contributed by atoms with Gasteiger partial charge in [0.1, 0.15) is 17.2 Å². The van der Waals surface area contributed by atoms with E-state index in [1.165, 1.54) is 16.4 Å². The van der Waals surface area contributed by atoms with Gasteiger partial charge in [-0.2, -0.15) is 0 Å². The van der Waals surface area contributed by atoms with Gasteiger partial charge in [-0.05, 0) is 101 Å². The average molecular weight is 677 g/mol. The van der Waals surface area contributed by atoms with Gasteiger partial charge in [0, 0.05) is 24.1 Å². The predicted molar refractivity (Wildman–Crippen MR) is 186 cm³/mol. The topological polar surface area (TPSA) is 110 Å². The maximum atomic E-state index is 13.8. The van der Waals surface area contributed by atoms with Crippen molar-refractivity contribution >= 4 is 40.9 Å². The summed E-state index contributed by atoms with van der Waals surface area (Å²) in [5, 5.41) is 3.28. The molecule has 2 unspecified atom stereocenters. The number of ether oxygens (including phenoxy) is 1. The van der Waals surface area contributed by atoms with Crippen molar-refractivity contribution in [1.82, 2.24) is 5.32 Å². The molecule has 0 radical (unpaired) electrons. The molecule has 48 heavy (non-hydrogen) atoms. The Labute approximate surface area is 283 Å². The molecule has 1 aromatic heterocycles. The fraction of sp³-hybridized carbons (Fsp3) is 0.417. The first-order valence-corrected chi connectivity index (χ1v) is 17.4. The van der Waals surface area contributed by atoms with Crippen molar-refractivity contribution in [2.75, 3.05) is 17.9 Å². The number of anilines is 1. The van der Waals surface area contributed by atoms with E-state index in [-0.39, 0.29) is 18.4 Å². The number of rotatable bonds is 13. The zero-order chi connectivity index (χ0) is 34.2. The second-order valence-corrected chi connectivity index (χ2v) is 14.4. The number of halogens is 1. The average Bonchev–Trinajstić information content (AvgIpc) is 3.79. The molecule has 2 aliphatic rings. The van der Waals surface area contributed by atoms with Gasteiger partial charge in [-0.15, -0.1) is 0 Å². The van der Waals surface area contributed by atoms with Crippen molar-refractivity contribution in [2.45, 2.75) is 83.1 Å². The molecule has 12 heteroatoms. The molecule has 2 atom stereocenters. The van der Waals surface area contributed by atoms with Crippen molar-refractivity contribution in [3.05, 3.63) is 89.2 Å². The van der Waals surface area contributed by atoms with Crippen LogP contribution >= 0.6 is 0 Å². The number of benzene rings is 3. The van der Waals surface area contributed by atoms with Crippen LogP contribution in [-0.2, 0) is 31.9 Å². The Morgan fingerprint density at radius 3 is 2.35 bits per heavy atom. The van der Waals surface area contributed by atoms with Crippen molar-refractivity contribution in [3.8, 4) is 11.3 Å². The first-order valence-electron chi connectivity index (χ1n) is 16.3. The molecule has 2 heterocycles.